The number of nitrogens with zero attached hydrogens (tertiary/aromatic N) is 2. The molecular formula is C44H63N3O7. The lowest BCUT2D eigenvalue weighted by Crippen LogP contribution is -2.66. The minimum absolute atomic E-state index is 0.000732. The van der Waals surface area contributed by atoms with Crippen LogP contribution in [-0.4, -0.2) is 62.6 Å². The van der Waals surface area contributed by atoms with Crippen LogP contribution in [0.5, 0.6) is 0 Å². The van der Waals surface area contributed by atoms with Crippen LogP contribution >= 0.6 is 0 Å². The van der Waals surface area contributed by atoms with E-state index < -0.39 is 40.6 Å². The number of aliphatic hydroxyl groups is 1. The van der Waals surface area contributed by atoms with Gasteiger partial charge in [0.25, 0.3) is 5.91 Å². The van der Waals surface area contributed by atoms with E-state index in [4.69, 9.17) is 4.74 Å². The van der Waals surface area contributed by atoms with E-state index >= 15 is 0 Å². The van der Waals surface area contributed by atoms with Gasteiger partial charge in [0.1, 0.15) is 6.10 Å². The van der Waals surface area contributed by atoms with E-state index in [2.05, 4.69) is 63.8 Å². The Morgan fingerprint density at radius 2 is 1.56 bits per heavy atom. The van der Waals surface area contributed by atoms with Crippen molar-refractivity contribution in [1.82, 2.24) is 15.3 Å². The molecule has 1 aromatic rings. The first-order valence-electron chi connectivity index (χ1n) is 20.6. The van der Waals surface area contributed by atoms with Gasteiger partial charge in [0.15, 0.2) is 5.78 Å². The number of carboxylic acid groups (broad SMARTS) is 1. The summed E-state index contributed by atoms with van der Waals surface area (Å²) in [6.07, 6.45) is 9.96. The molecule has 0 spiro atoms. The Hall–Kier alpha value is -3.14. The Bertz CT molecular complexity index is 1750. The largest absolute Gasteiger partial charge is 0.481 e. The third-order valence-electron chi connectivity index (χ3n) is 17.4. The number of Topliss-reactive ketones (excluding diaryl/α,β-unsaturated/α-hetero) is 1. The zero-order valence-electron chi connectivity index (χ0n) is 34.0. The number of rotatable bonds is 8. The number of allylic oxidation sites excluding steroid dienone is 1. The lowest BCUT2D eigenvalue weighted by Gasteiger charge is -2.72. The average Bonchev–Trinajstić information content (AvgIpc) is 3.41. The molecule has 10 heteroatoms. The van der Waals surface area contributed by atoms with Gasteiger partial charge < -0.3 is 20.3 Å². The zero-order valence-corrected chi connectivity index (χ0v) is 34.0. The van der Waals surface area contributed by atoms with Crippen LogP contribution in [0, 0.1) is 68.0 Å². The first-order valence-corrected chi connectivity index (χ1v) is 20.6. The topological polar surface area (TPSA) is 156 Å². The van der Waals surface area contributed by atoms with Crippen LogP contribution in [0.15, 0.2) is 29.6 Å². The second-order valence-electron chi connectivity index (χ2n) is 20.4. The number of esters is 1. The monoisotopic (exact) mass is 745 g/mol. The van der Waals surface area contributed by atoms with Crippen molar-refractivity contribution in [3.05, 3.63) is 35.4 Å². The molecule has 5 saturated carbocycles. The Kier molecular flexibility index (Phi) is 9.38. The van der Waals surface area contributed by atoms with Gasteiger partial charge in [0, 0.05) is 36.2 Å². The number of aliphatic hydroxyl groups excluding tert-OH is 1. The second kappa shape index (κ2) is 13.0. The van der Waals surface area contributed by atoms with Crippen LogP contribution < -0.4 is 5.32 Å². The molecule has 7 rings (SSSR count). The number of hydrogen-bond donors (Lipinski definition) is 3. The Morgan fingerprint density at radius 3 is 2.19 bits per heavy atom. The predicted octanol–water partition coefficient (Wildman–Crippen LogP) is 7.21. The lowest BCUT2D eigenvalue weighted by molar-refractivity contribution is -0.238. The summed E-state index contributed by atoms with van der Waals surface area (Å²) in [4.78, 5) is 60.4. The molecule has 1 amide bonds. The number of fused-ring (bicyclic) bond motifs is 7. The number of carboxylic acids is 1. The molecule has 0 radical (unpaired) electrons. The molecule has 296 valence electrons. The van der Waals surface area contributed by atoms with Gasteiger partial charge in [-0.3, -0.25) is 19.2 Å². The van der Waals surface area contributed by atoms with Gasteiger partial charge in [0.05, 0.1) is 17.9 Å². The van der Waals surface area contributed by atoms with Crippen LogP contribution in [0.3, 0.4) is 0 Å². The molecule has 10 nitrogen and oxygen atoms in total. The van der Waals surface area contributed by atoms with Crippen molar-refractivity contribution in [2.45, 2.75) is 139 Å². The van der Waals surface area contributed by atoms with Gasteiger partial charge in [-0.05, 0) is 115 Å². The van der Waals surface area contributed by atoms with Crippen LogP contribution in [0.25, 0.3) is 0 Å². The van der Waals surface area contributed by atoms with Crippen molar-refractivity contribution in [3.63, 3.8) is 0 Å². The first kappa shape index (κ1) is 39.1. The fourth-order valence-electron chi connectivity index (χ4n) is 14.1. The minimum Gasteiger partial charge on any atom is -0.481 e. The van der Waals surface area contributed by atoms with Crippen molar-refractivity contribution in [2.75, 3.05) is 6.54 Å². The number of carbonyl (C=O) groups excluding carboxylic acids is 3. The summed E-state index contributed by atoms with van der Waals surface area (Å²) < 4.78 is 6.39. The highest BCUT2D eigenvalue weighted by atomic mass is 16.5. The Labute approximate surface area is 321 Å². The molecule has 1 aromatic heterocycles. The molecule has 1 heterocycles. The summed E-state index contributed by atoms with van der Waals surface area (Å²) in [6, 6.07) is 1.65. The number of nitrogens with one attached hydrogen (secondary N) is 1. The highest BCUT2D eigenvalue weighted by Gasteiger charge is 2.71. The highest BCUT2D eigenvalue weighted by Crippen LogP contribution is 2.77. The summed E-state index contributed by atoms with van der Waals surface area (Å²) in [5.41, 5.74) is 0.448. The van der Waals surface area contributed by atoms with Crippen LogP contribution in [0.2, 0.25) is 0 Å². The van der Waals surface area contributed by atoms with Gasteiger partial charge in [-0.25, -0.2) is 9.97 Å². The van der Waals surface area contributed by atoms with Crippen LogP contribution in [-0.2, 0) is 19.1 Å². The molecule has 3 N–H and O–H groups in total. The van der Waals surface area contributed by atoms with Crippen molar-refractivity contribution in [1.29, 1.82) is 0 Å². The van der Waals surface area contributed by atoms with E-state index in [-0.39, 0.29) is 70.1 Å². The zero-order chi connectivity index (χ0) is 39.4. The third kappa shape index (κ3) is 5.41. The minimum atomic E-state index is -0.914. The summed E-state index contributed by atoms with van der Waals surface area (Å²) in [5, 5.41) is 24.6. The fraction of sp³-hybridized carbons (Fsp3) is 0.773. The highest BCUT2D eigenvalue weighted by molar-refractivity contribution is 6.01. The SMILES string of the molecule is CC(C)C1=C2[C@H]3CC[C@@H]4[C@@]5(C)CC[C@H](OC(=O)[C@H]6C[C@@H](C(=O)O)C6(C)C)C(C)(C)[C@@H]5CC[C@@]4(C)[C@]3(C)CC[C@@]2([C@@H](O)CNC(=O)c2ncccn2)CC1=O. The van der Waals surface area contributed by atoms with E-state index in [1.54, 1.807) is 6.07 Å². The maximum Gasteiger partial charge on any atom is 0.309 e. The quantitative estimate of drug-likeness (QED) is 0.234. The molecule has 6 aliphatic rings. The molecular weight excluding hydrogens is 682 g/mol. The average molecular weight is 746 g/mol. The third-order valence-corrected chi connectivity index (χ3v) is 17.4. The lowest BCUT2D eigenvalue weighted by atomic mass is 9.33. The number of carbonyl (C=O) groups is 4. The van der Waals surface area contributed by atoms with Crippen molar-refractivity contribution in [3.8, 4) is 0 Å². The van der Waals surface area contributed by atoms with E-state index in [1.165, 1.54) is 18.0 Å². The maximum atomic E-state index is 14.0. The summed E-state index contributed by atoms with van der Waals surface area (Å²) in [7, 11) is 0. The summed E-state index contributed by atoms with van der Waals surface area (Å²) >= 11 is 0. The van der Waals surface area contributed by atoms with Gasteiger partial charge >= 0.3 is 11.9 Å². The standard InChI is InChI=1S/C44H63N3O7/c1-24(2)33-28(48)22-44(31(49)23-47-36(50)35-45-19-10-20-46-35)18-17-42(8)25(34(33)44)11-12-30-41(7)15-14-32(40(5,6)29(41)13-16-43(30,42)9)54-38(53)27-21-26(37(51)52)39(27,3)4/h10,19-20,24-27,29-32,49H,11-18,21-23H2,1-9H3,(H,47,50)(H,51,52)/t25-,26+,27-,29+,30-,31+,32+,41+,42-,43-,44+/m1/s1. The smallest absolute Gasteiger partial charge is 0.309 e. The molecule has 5 fully saturated rings. The van der Waals surface area contributed by atoms with Crippen molar-refractivity contribution < 1.29 is 34.1 Å². The first-order chi connectivity index (χ1) is 25.2. The van der Waals surface area contributed by atoms with E-state index in [1.807, 2.05) is 13.8 Å². The number of ketones is 1. The molecule has 54 heavy (non-hydrogen) atoms. The molecule has 6 aliphatic carbocycles. The molecule has 0 bridgehead atoms. The number of aromatic nitrogens is 2. The molecule has 0 saturated heterocycles. The van der Waals surface area contributed by atoms with Gasteiger partial charge in [-0.15, -0.1) is 0 Å². The maximum absolute atomic E-state index is 14.0. The molecule has 11 atom stereocenters. The van der Waals surface area contributed by atoms with Crippen LogP contribution in [0.4, 0.5) is 0 Å². The van der Waals surface area contributed by atoms with Crippen molar-refractivity contribution in [2.24, 2.45) is 68.0 Å². The number of ether oxygens (including phenoxy) is 1. The van der Waals surface area contributed by atoms with E-state index in [0.717, 1.165) is 50.5 Å². The number of hydrogen-bond acceptors (Lipinski definition) is 8. The van der Waals surface area contributed by atoms with Gasteiger partial charge in [-0.2, -0.15) is 0 Å². The molecule has 0 aliphatic heterocycles. The molecule has 0 unspecified atom stereocenters. The van der Waals surface area contributed by atoms with E-state index in [0.29, 0.717) is 24.7 Å². The Morgan fingerprint density at radius 1 is 0.870 bits per heavy atom. The normalized spacial score (nSPS) is 41.1. The summed E-state index contributed by atoms with van der Waals surface area (Å²) in [6.45, 7) is 20.1. The van der Waals surface area contributed by atoms with Crippen LogP contribution in [0.1, 0.15) is 137 Å². The Balaban J connectivity index is 1.14. The van der Waals surface area contributed by atoms with Gasteiger partial charge in [0.2, 0.25) is 5.82 Å². The van der Waals surface area contributed by atoms with Gasteiger partial charge in [-0.1, -0.05) is 67.9 Å². The predicted molar refractivity (Wildman–Crippen MR) is 203 cm³/mol. The van der Waals surface area contributed by atoms with E-state index in [9.17, 15) is 29.4 Å². The second-order valence-corrected chi connectivity index (χ2v) is 20.4. The number of amides is 1. The fourth-order valence-corrected chi connectivity index (χ4v) is 14.1. The number of aliphatic carboxylic acids is 1. The molecule has 0 aromatic carbocycles. The van der Waals surface area contributed by atoms with Crippen molar-refractivity contribution >= 4 is 23.6 Å². The summed E-state index contributed by atoms with van der Waals surface area (Å²) in [5.74, 6) is -1.24.